The Balaban J connectivity index is 1.66. The lowest BCUT2D eigenvalue weighted by atomic mass is 10.2. The van der Waals surface area contributed by atoms with Crippen LogP contribution in [-0.2, 0) is 6.67 Å². The molecule has 4 nitrogen and oxygen atoms in total. The van der Waals surface area contributed by atoms with E-state index < -0.39 is 0 Å². The van der Waals surface area contributed by atoms with E-state index in [2.05, 4.69) is 25.4 Å². The molecule has 0 N–H and O–H groups in total. The second-order valence-electron chi connectivity index (χ2n) is 5.81. The lowest BCUT2D eigenvalue weighted by molar-refractivity contribution is 0.208. The second-order valence-corrected chi connectivity index (χ2v) is 7.10. The minimum absolute atomic E-state index is 0.0290. The molecule has 0 spiro atoms. The summed E-state index contributed by atoms with van der Waals surface area (Å²) in [5.41, 5.74) is 0.932. The molecule has 0 atom stereocenters. The first-order chi connectivity index (χ1) is 12.0. The van der Waals surface area contributed by atoms with Crippen LogP contribution in [0.5, 0.6) is 5.75 Å². The number of halogens is 2. The summed E-state index contributed by atoms with van der Waals surface area (Å²) < 4.78 is 8.70. The predicted octanol–water partition coefficient (Wildman–Crippen LogP) is 4.39. The van der Waals surface area contributed by atoms with Crippen LogP contribution < -0.4 is 10.2 Å². The van der Waals surface area contributed by atoms with Gasteiger partial charge in [0.05, 0.1) is 12.2 Å². The Kier molecular flexibility index (Phi) is 5.78. The number of benzene rings is 2. The molecule has 3 aromatic rings. The van der Waals surface area contributed by atoms with Crippen molar-refractivity contribution in [2.24, 2.45) is 0 Å². The van der Waals surface area contributed by atoms with Crippen LogP contribution in [0.15, 0.2) is 64.0 Å². The number of nitrogens with zero attached hydrogens (tertiary/aromatic N) is 2. The lowest BCUT2D eigenvalue weighted by Crippen LogP contribution is -2.27. The third-order valence-corrected chi connectivity index (χ3v) is 4.79. The van der Waals surface area contributed by atoms with Crippen molar-refractivity contribution in [2.45, 2.75) is 6.67 Å². The van der Waals surface area contributed by atoms with Crippen molar-refractivity contribution in [1.82, 2.24) is 9.47 Å². The molecule has 6 heteroatoms. The summed E-state index contributed by atoms with van der Waals surface area (Å²) in [6.45, 7) is 1.97. The maximum absolute atomic E-state index is 12.0. The van der Waals surface area contributed by atoms with Crippen molar-refractivity contribution in [3.05, 3.63) is 74.4 Å². The minimum atomic E-state index is 0.0290. The topological polar surface area (TPSA) is 34.5 Å². The van der Waals surface area contributed by atoms with E-state index in [-0.39, 0.29) is 5.43 Å². The maximum atomic E-state index is 12.0. The van der Waals surface area contributed by atoms with Gasteiger partial charge in [-0.05, 0) is 59.4 Å². The molecule has 0 aliphatic carbocycles. The normalized spacial score (nSPS) is 11.2. The van der Waals surface area contributed by atoms with Gasteiger partial charge in [-0.1, -0.05) is 17.7 Å². The van der Waals surface area contributed by atoms with Crippen molar-refractivity contribution >= 4 is 38.4 Å². The Hall–Kier alpha value is -1.82. The molecule has 0 aliphatic rings. The Morgan fingerprint density at radius 2 is 1.92 bits per heavy atom. The summed E-state index contributed by atoms with van der Waals surface area (Å²) in [7, 11) is 2.02. The third kappa shape index (κ3) is 4.42. The number of pyridine rings is 1. The fourth-order valence-corrected chi connectivity index (χ4v) is 3.35. The first-order valence-electron chi connectivity index (χ1n) is 7.89. The van der Waals surface area contributed by atoms with Crippen LogP contribution in [-0.4, -0.2) is 29.7 Å². The van der Waals surface area contributed by atoms with Gasteiger partial charge in [0.15, 0.2) is 5.43 Å². The zero-order valence-corrected chi connectivity index (χ0v) is 16.1. The number of hydrogen-bond acceptors (Lipinski definition) is 3. The SMILES string of the molecule is CN(CCOc1ccc(Cl)cc1)Cn1ccc(=O)c2cccc(Br)c21. The van der Waals surface area contributed by atoms with Gasteiger partial charge in [-0.15, -0.1) is 0 Å². The van der Waals surface area contributed by atoms with E-state index in [1.54, 1.807) is 6.07 Å². The Bertz CT molecular complexity index is 925. The predicted molar refractivity (Wildman–Crippen MR) is 105 cm³/mol. The van der Waals surface area contributed by atoms with E-state index in [0.29, 0.717) is 23.7 Å². The van der Waals surface area contributed by atoms with Gasteiger partial charge in [0, 0.05) is 33.7 Å². The molecule has 0 fully saturated rings. The smallest absolute Gasteiger partial charge is 0.189 e. The molecule has 1 aromatic heterocycles. The zero-order chi connectivity index (χ0) is 17.8. The molecular weight excluding hydrogens is 404 g/mol. The number of hydrogen-bond donors (Lipinski definition) is 0. The van der Waals surface area contributed by atoms with E-state index in [4.69, 9.17) is 16.3 Å². The van der Waals surface area contributed by atoms with Gasteiger partial charge < -0.3 is 9.30 Å². The third-order valence-electron chi connectivity index (χ3n) is 3.89. The molecule has 130 valence electrons. The molecule has 3 rings (SSSR count). The van der Waals surface area contributed by atoms with Gasteiger partial charge in [-0.2, -0.15) is 0 Å². The molecule has 0 radical (unpaired) electrons. The van der Waals surface area contributed by atoms with Gasteiger partial charge in [-0.25, -0.2) is 0 Å². The lowest BCUT2D eigenvalue weighted by Gasteiger charge is -2.20. The average molecular weight is 422 g/mol. The molecule has 1 heterocycles. The summed E-state index contributed by atoms with van der Waals surface area (Å²) in [6.07, 6.45) is 1.83. The fraction of sp³-hybridized carbons (Fsp3) is 0.211. The summed E-state index contributed by atoms with van der Waals surface area (Å²) in [5, 5.41) is 1.41. The molecule has 0 bridgehead atoms. The summed E-state index contributed by atoms with van der Waals surface area (Å²) in [5.74, 6) is 0.800. The maximum Gasteiger partial charge on any atom is 0.189 e. The van der Waals surface area contributed by atoms with Crippen LogP contribution in [0.3, 0.4) is 0 Å². The van der Waals surface area contributed by atoms with E-state index in [1.165, 1.54) is 0 Å². The van der Waals surface area contributed by atoms with Crippen LogP contribution in [0, 0.1) is 0 Å². The van der Waals surface area contributed by atoms with Crippen molar-refractivity contribution < 1.29 is 4.74 Å². The fourth-order valence-electron chi connectivity index (χ4n) is 2.63. The molecule has 0 aliphatic heterocycles. The van der Waals surface area contributed by atoms with Crippen LogP contribution in [0.25, 0.3) is 10.9 Å². The largest absolute Gasteiger partial charge is 0.492 e. The van der Waals surface area contributed by atoms with Crippen LogP contribution in [0.1, 0.15) is 0 Å². The number of rotatable bonds is 6. The van der Waals surface area contributed by atoms with Gasteiger partial charge in [0.1, 0.15) is 12.4 Å². The zero-order valence-electron chi connectivity index (χ0n) is 13.8. The molecule has 2 aromatic carbocycles. The molecule has 0 saturated heterocycles. The van der Waals surface area contributed by atoms with Crippen molar-refractivity contribution in [3.63, 3.8) is 0 Å². The number of para-hydroxylation sites is 1. The first-order valence-corrected chi connectivity index (χ1v) is 9.06. The van der Waals surface area contributed by atoms with Gasteiger partial charge >= 0.3 is 0 Å². The van der Waals surface area contributed by atoms with E-state index in [1.807, 2.05) is 55.7 Å². The highest BCUT2D eigenvalue weighted by atomic mass is 79.9. The molecule has 0 amide bonds. The molecule has 25 heavy (non-hydrogen) atoms. The highest BCUT2D eigenvalue weighted by molar-refractivity contribution is 9.10. The number of ether oxygens (including phenoxy) is 1. The number of fused-ring (bicyclic) bond motifs is 1. The van der Waals surface area contributed by atoms with Gasteiger partial charge in [0.25, 0.3) is 0 Å². The molecule has 0 unspecified atom stereocenters. The summed E-state index contributed by atoms with van der Waals surface area (Å²) in [4.78, 5) is 14.2. The first kappa shape index (κ1) is 18.0. The van der Waals surface area contributed by atoms with E-state index in [9.17, 15) is 4.79 Å². The Morgan fingerprint density at radius 1 is 1.16 bits per heavy atom. The highest BCUT2D eigenvalue weighted by Crippen LogP contribution is 2.21. The van der Waals surface area contributed by atoms with Crippen LogP contribution in [0.2, 0.25) is 5.02 Å². The molecular formula is C19H18BrClN2O2. The monoisotopic (exact) mass is 420 g/mol. The number of aromatic nitrogens is 1. The summed E-state index contributed by atoms with van der Waals surface area (Å²) in [6, 6.07) is 14.6. The van der Waals surface area contributed by atoms with Crippen LogP contribution >= 0.6 is 27.5 Å². The number of likely N-dealkylation sites (N-methyl/N-ethyl adjacent to an activating group) is 1. The Labute approximate surface area is 159 Å². The average Bonchev–Trinajstić information content (AvgIpc) is 2.59. The summed E-state index contributed by atoms with van der Waals surface area (Å²) >= 11 is 9.41. The van der Waals surface area contributed by atoms with Gasteiger partial charge in [-0.3, -0.25) is 9.69 Å². The van der Waals surface area contributed by atoms with Crippen molar-refractivity contribution in [3.8, 4) is 5.75 Å². The van der Waals surface area contributed by atoms with Crippen molar-refractivity contribution in [2.75, 3.05) is 20.2 Å². The second kappa shape index (κ2) is 8.04. The van der Waals surface area contributed by atoms with Gasteiger partial charge in [0.2, 0.25) is 0 Å². The standard InChI is InChI=1S/C19H18BrClN2O2/c1-22(11-12-25-15-7-5-14(21)6-8-15)13-23-10-9-18(24)16-3-2-4-17(20)19(16)23/h2-10H,11-13H2,1H3. The quantitative estimate of drug-likeness (QED) is 0.592. The highest BCUT2D eigenvalue weighted by Gasteiger charge is 2.08. The molecule has 0 saturated carbocycles. The van der Waals surface area contributed by atoms with Crippen LogP contribution in [0.4, 0.5) is 0 Å². The minimum Gasteiger partial charge on any atom is -0.492 e. The Morgan fingerprint density at radius 3 is 2.68 bits per heavy atom. The van der Waals surface area contributed by atoms with E-state index >= 15 is 0 Å². The van der Waals surface area contributed by atoms with Crippen molar-refractivity contribution in [1.29, 1.82) is 0 Å². The van der Waals surface area contributed by atoms with E-state index in [0.717, 1.165) is 22.3 Å².